The molecular weight excluding hydrogens is 190 g/mol. The third kappa shape index (κ3) is 2.79. The Labute approximate surface area is 89.7 Å². The molecule has 1 aromatic rings. The van der Waals surface area contributed by atoms with Crippen LogP contribution in [0.25, 0.3) is 0 Å². The predicted molar refractivity (Wildman–Crippen MR) is 61.1 cm³/mol. The molecule has 3 N–H and O–H groups in total. The van der Waals surface area contributed by atoms with Gasteiger partial charge in [0.1, 0.15) is 18.0 Å². The molecule has 0 amide bonds. The minimum absolute atomic E-state index is 0.581. The van der Waals surface area contributed by atoms with E-state index in [9.17, 15) is 0 Å². The van der Waals surface area contributed by atoms with E-state index in [0.717, 1.165) is 24.7 Å². The Morgan fingerprint density at radius 2 is 2.33 bits per heavy atom. The number of aromatic nitrogens is 2. The molecule has 5 heteroatoms. The van der Waals surface area contributed by atoms with Crippen LogP contribution in [-0.4, -0.2) is 36.1 Å². The Morgan fingerprint density at radius 1 is 1.47 bits per heavy atom. The lowest BCUT2D eigenvalue weighted by molar-refractivity contribution is 0.632. The minimum Gasteiger partial charge on any atom is -0.373 e. The average molecular weight is 207 g/mol. The number of nitrogens with one attached hydrogen (secondary N) is 3. The summed E-state index contributed by atoms with van der Waals surface area (Å²) in [5, 5.41) is 9.73. The van der Waals surface area contributed by atoms with Gasteiger partial charge in [-0.1, -0.05) is 0 Å². The molecule has 1 unspecified atom stereocenters. The molecule has 2 rings (SSSR count). The van der Waals surface area contributed by atoms with Crippen molar-refractivity contribution in [2.24, 2.45) is 0 Å². The summed E-state index contributed by atoms with van der Waals surface area (Å²) in [5.41, 5.74) is 0. The van der Waals surface area contributed by atoms with Crippen LogP contribution in [0, 0.1) is 0 Å². The Bertz CT molecular complexity index is 308. The minimum atomic E-state index is 0.581. The highest BCUT2D eigenvalue weighted by molar-refractivity contribution is 5.45. The second kappa shape index (κ2) is 4.93. The summed E-state index contributed by atoms with van der Waals surface area (Å²) in [6.45, 7) is 2.07. The van der Waals surface area contributed by atoms with Crippen molar-refractivity contribution in [3.8, 4) is 0 Å². The molecule has 5 nitrogen and oxygen atoms in total. The van der Waals surface area contributed by atoms with Crippen LogP contribution in [0.15, 0.2) is 12.4 Å². The van der Waals surface area contributed by atoms with E-state index in [0.29, 0.717) is 6.04 Å². The first-order chi connectivity index (χ1) is 7.38. The Balaban J connectivity index is 1.86. The van der Waals surface area contributed by atoms with Gasteiger partial charge in [0.25, 0.3) is 0 Å². The zero-order valence-electron chi connectivity index (χ0n) is 8.95. The average Bonchev–Trinajstić information content (AvgIpc) is 2.79. The van der Waals surface area contributed by atoms with Crippen molar-refractivity contribution in [1.29, 1.82) is 0 Å². The van der Waals surface area contributed by atoms with Gasteiger partial charge in [-0.2, -0.15) is 0 Å². The standard InChI is InChI=1S/C10H17N5/c1-11-9-5-10(15-7-14-9)13-6-8-3-2-4-12-8/h5,7-8,12H,2-4,6H2,1H3,(H2,11,13,14,15). The van der Waals surface area contributed by atoms with E-state index in [-0.39, 0.29) is 0 Å². The van der Waals surface area contributed by atoms with Gasteiger partial charge in [0.2, 0.25) is 0 Å². The molecule has 1 aromatic heterocycles. The Morgan fingerprint density at radius 3 is 3.07 bits per heavy atom. The van der Waals surface area contributed by atoms with Gasteiger partial charge >= 0.3 is 0 Å². The number of nitrogens with zero attached hydrogens (tertiary/aromatic N) is 2. The van der Waals surface area contributed by atoms with E-state index in [2.05, 4.69) is 25.9 Å². The van der Waals surface area contributed by atoms with Crippen molar-refractivity contribution in [3.63, 3.8) is 0 Å². The van der Waals surface area contributed by atoms with Crippen molar-refractivity contribution < 1.29 is 0 Å². The van der Waals surface area contributed by atoms with Gasteiger partial charge in [-0.15, -0.1) is 0 Å². The number of anilines is 2. The maximum absolute atomic E-state index is 4.16. The van der Waals surface area contributed by atoms with Crippen LogP contribution in [0.2, 0.25) is 0 Å². The fourth-order valence-electron chi connectivity index (χ4n) is 1.75. The third-order valence-electron chi connectivity index (χ3n) is 2.62. The smallest absolute Gasteiger partial charge is 0.131 e. The summed E-state index contributed by atoms with van der Waals surface area (Å²) < 4.78 is 0. The van der Waals surface area contributed by atoms with E-state index in [1.807, 2.05) is 13.1 Å². The molecule has 1 fully saturated rings. The molecule has 82 valence electrons. The van der Waals surface area contributed by atoms with Crippen LogP contribution in [0.5, 0.6) is 0 Å². The molecule has 1 atom stereocenters. The van der Waals surface area contributed by atoms with Crippen LogP contribution in [0.3, 0.4) is 0 Å². The molecule has 0 saturated carbocycles. The van der Waals surface area contributed by atoms with Gasteiger partial charge in [0.15, 0.2) is 0 Å². The summed E-state index contributed by atoms with van der Waals surface area (Å²) in [7, 11) is 1.85. The van der Waals surface area contributed by atoms with E-state index in [1.54, 1.807) is 6.33 Å². The van der Waals surface area contributed by atoms with E-state index < -0.39 is 0 Å². The Hall–Kier alpha value is -1.36. The van der Waals surface area contributed by atoms with Crippen LogP contribution >= 0.6 is 0 Å². The van der Waals surface area contributed by atoms with Gasteiger partial charge in [-0.3, -0.25) is 0 Å². The van der Waals surface area contributed by atoms with Crippen LogP contribution in [0.4, 0.5) is 11.6 Å². The third-order valence-corrected chi connectivity index (χ3v) is 2.62. The maximum atomic E-state index is 4.16. The van der Waals surface area contributed by atoms with Crippen molar-refractivity contribution >= 4 is 11.6 Å². The summed E-state index contributed by atoms with van der Waals surface area (Å²) in [6, 6.07) is 2.49. The predicted octanol–water partition coefficient (Wildman–Crippen LogP) is 0.682. The molecule has 15 heavy (non-hydrogen) atoms. The first-order valence-electron chi connectivity index (χ1n) is 5.35. The Kier molecular flexibility index (Phi) is 3.34. The molecule has 0 aliphatic carbocycles. The van der Waals surface area contributed by atoms with Crippen molar-refractivity contribution in [3.05, 3.63) is 12.4 Å². The molecular formula is C10H17N5. The molecule has 1 aliphatic rings. The van der Waals surface area contributed by atoms with Crippen molar-refractivity contribution in [2.75, 3.05) is 30.8 Å². The molecule has 0 aromatic carbocycles. The number of hydrogen-bond acceptors (Lipinski definition) is 5. The summed E-state index contributed by atoms with van der Waals surface area (Å²) in [5.74, 6) is 1.72. The van der Waals surface area contributed by atoms with Gasteiger partial charge in [-0.25, -0.2) is 9.97 Å². The normalized spacial score (nSPS) is 20.2. The highest BCUT2D eigenvalue weighted by Gasteiger charge is 2.13. The fourth-order valence-corrected chi connectivity index (χ4v) is 1.75. The fraction of sp³-hybridized carbons (Fsp3) is 0.600. The maximum Gasteiger partial charge on any atom is 0.131 e. The lowest BCUT2D eigenvalue weighted by Gasteiger charge is -2.12. The van der Waals surface area contributed by atoms with E-state index in [1.165, 1.54) is 12.8 Å². The molecule has 0 radical (unpaired) electrons. The molecule has 2 heterocycles. The monoisotopic (exact) mass is 207 g/mol. The van der Waals surface area contributed by atoms with E-state index in [4.69, 9.17) is 0 Å². The largest absolute Gasteiger partial charge is 0.373 e. The molecule has 1 saturated heterocycles. The lowest BCUT2D eigenvalue weighted by atomic mass is 10.2. The van der Waals surface area contributed by atoms with E-state index >= 15 is 0 Å². The summed E-state index contributed by atoms with van der Waals surface area (Å²) in [6.07, 6.45) is 4.09. The first kappa shape index (κ1) is 10.2. The summed E-state index contributed by atoms with van der Waals surface area (Å²) in [4.78, 5) is 8.22. The van der Waals surface area contributed by atoms with Gasteiger partial charge in [0, 0.05) is 25.7 Å². The number of hydrogen-bond donors (Lipinski definition) is 3. The quantitative estimate of drug-likeness (QED) is 0.678. The van der Waals surface area contributed by atoms with Gasteiger partial charge in [0.05, 0.1) is 0 Å². The number of rotatable bonds is 4. The second-order valence-corrected chi connectivity index (χ2v) is 3.71. The zero-order chi connectivity index (χ0) is 10.5. The van der Waals surface area contributed by atoms with Gasteiger partial charge < -0.3 is 16.0 Å². The highest BCUT2D eigenvalue weighted by atomic mass is 15.1. The molecule has 1 aliphatic heterocycles. The molecule has 0 spiro atoms. The van der Waals surface area contributed by atoms with Crippen LogP contribution in [0.1, 0.15) is 12.8 Å². The van der Waals surface area contributed by atoms with Crippen molar-refractivity contribution in [2.45, 2.75) is 18.9 Å². The van der Waals surface area contributed by atoms with Crippen molar-refractivity contribution in [1.82, 2.24) is 15.3 Å². The molecule has 0 bridgehead atoms. The van der Waals surface area contributed by atoms with Crippen LogP contribution in [-0.2, 0) is 0 Å². The SMILES string of the molecule is CNc1cc(NCC2CCCN2)ncn1. The first-order valence-corrected chi connectivity index (χ1v) is 5.35. The summed E-state index contributed by atoms with van der Waals surface area (Å²) >= 11 is 0. The van der Waals surface area contributed by atoms with Gasteiger partial charge in [-0.05, 0) is 19.4 Å². The topological polar surface area (TPSA) is 61.9 Å². The zero-order valence-corrected chi connectivity index (χ0v) is 8.95. The van der Waals surface area contributed by atoms with Crippen LogP contribution < -0.4 is 16.0 Å². The lowest BCUT2D eigenvalue weighted by Crippen LogP contribution is -2.29. The second-order valence-electron chi connectivity index (χ2n) is 3.71. The highest BCUT2D eigenvalue weighted by Crippen LogP contribution is 2.09.